The van der Waals surface area contributed by atoms with Crippen molar-refractivity contribution in [3.05, 3.63) is 29.8 Å². The molecular weight excluding hydrogens is 184 g/mol. The fraction of sp³-hybridized carbons (Fsp3) is 0.385. The molecule has 1 aliphatic heterocycles. The lowest BCUT2D eigenvalue weighted by molar-refractivity contribution is 0.829. The lowest BCUT2D eigenvalue weighted by atomic mass is 9.93. The van der Waals surface area contributed by atoms with Gasteiger partial charge in [-0.3, -0.25) is 0 Å². The second kappa shape index (κ2) is 3.97. The first-order valence-electron chi connectivity index (χ1n) is 5.57. The van der Waals surface area contributed by atoms with Crippen molar-refractivity contribution in [1.29, 1.82) is 0 Å². The molecule has 1 aromatic carbocycles. The molecule has 0 saturated heterocycles. The van der Waals surface area contributed by atoms with Gasteiger partial charge in [0.05, 0.1) is 0 Å². The number of fused-ring (bicyclic) bond motifs is 1. The molecule has 0 radical (unpaired) electrons. The zero-order valence-corrected chi connectivity index (χ0v) is 9.27. The maximum atomic E-state index is 6.02. The molecule has 0 fully saturated rings. The van der Waals surface area contributed by atoms with E-state index in [4.69, 9.17) is 5.73 Å². The summed E-state index contributed by atoms with van der Waals surface area (Å²) in [4.78, 5) is 0. The summed E-state index contributed by atoms with van der Waals surface area (Å²) in [6.45, 7) is 7.25. The number of benzene rings is 1. The lowest BCUT2D eigenvalue weighted by Gasteiger charge is -2.23. The van der Waals surface area contributed by atoms with Gasteiger partial charge >= 0.3 is 0 Å². The van der Waals surface area contributed by atoms with Gasteiger partial charge in [0.2, 0.25) is 0 Å². The van der Waals surface area contributed by atoms with E-state index in [9.17, 15) is 0 Å². The first-order chi connectivity index (χ1) is 7.24. The molecule has 0 unspecified atom stereocenters. The highest BCUT2D eigenvalue weighted by Crippen LogP contribution is 2.35. The number of nitrogen functional groups attached to an aromatic ring is 1. The van der Waals surface area contributed by atoms with Crippen LogP contribution in [0, 0.1) is 0 Å². The van der Waals surface area contributed by atoms with Crippen molar-refractivity contribution in [2.75, 3.05) is 17.6 Å². The van der Waals surface area contributed by atoms with Gasteiger partial charge in [-0.15, -0.1) is 0 Å². The summed E-state index contributed by atoms with van der Waals surface area (Å²) in [6, 6.07) is 4.13. The molecule has 0 atom stereocenters. The molecular formula is C13H18N2. The van der Waals surface area contributed by atoms with Crippen LogP contribution in [0.5, 0.6) is 0 Å². The predicted molar refractivity (Wildman–Crippen MR) is 67.0 cm³/mol. The number of hydrogen-bond donors (Lipinski definition) is 2. The van der Waals surface area contributed by atoms with Crippen LogP contribution in [-0.4, -0.2) is 6.54 Å². The Kier molecular flexibility index (Phi) is 2.67. The molecule has 3 N–H and O–H groups in total. The third-order valence-corrected chi connectivity index (χ3v) is 3.03. The molecule has 0 amide bonds. The number of aryl methyl sites for hydroxylation is 1. The van der Waals surface area contributed by atoms with E-state index < -0.39 is 0 Å². The SMILES string of the molecule is C=C(CC)c1c(N)ccc2c1NCCC2. The number of nitrogens with two attached hydrogens (primary N) is 1. The van der Waals surface area contributed by atoms with Crippen LogP contribution in [0.25, 0.3) is 5.57 Å². The monoisotopic (exact) mass is 202 g/mol. The Labute approximate surface area is 91.2 Å². The zero-order valence-electron chi connectivity index (χ0n) is 9.27. The normalized spacial score (nSPS) is 14.2. The average molecular weight is 202 g/mol. The molecule has 0 aromatic heterocycles. The van der Waals surface area contributed by atoms with Crippen LogP contribution in [0.4, 0.5) is 11.4 Å². The van der Waals surface area contributed by atoms with Gasteiger partial charge < -0.3 is 11.1 Å². The molecule has 0 aliphatic carbocycles. The lowest BCUT2D eigenvalue weighted by Crippen LogP contribution is -2.14. The Balaban J connectivity index is 2.55. The maximum Gasteiger partial charge on any atom is 0.0469 e. The number of rotatable bonds is 2. The van der Waals surface area contributed by atoms with Crippen molar-refractivity contribution >= 4 is 16.9 Å². The quantitative estimate of drug-likeness (QED) is 0.723. The molecule has 15 heavy (non-hydrogen) atoms. The summed E-state index contributed by atoms with van der Waals surface area (Å²) in [6.07, 6.45) is 3.30. The van der Waals surface area contributed by atoms with Crippen LogP contribution < -0.4 is 11.1 Å². The van der Waals surface area contributed by atoms with Gasteiger partial charge in [0.1, 0.15) is 0 Å². The van der Waals surface area contributed by atoms with E-state index in [1.165, 1.54) is 17.7 Å². The summed E-state index contributed by atoms with van der Waals surface area (Å²) in [5.74, 6) is 0. The first kappa shape index (κ1) is 10.1. The third kappa shape index (κ3) is 1.72. The van der Waals surface area contributed by atoms with Crippen LogP contribution in [0.15, 0.2) is 18.7 Å². The second-order valence-electron chi connectivity index (χ2n) is 4.05. The van der Waals surface area contributed by atoms with Crippen molar-refractivity contribution in [3.63, 3.8) is 0 Å². The fourth-order valence-electron chi connectivity index (χ4n) is 2.12. The number of hydrogen-bond acceptors (Lipinski definition) is 2. The van der Waals surface area contributed by atoms with Crippen LogP contribution in [-0.2, 0) is 6.42 Å². The van der Waals surface area contributed by atoms with Gasteiger partial charge in [-0.2, -0.15) is 0 Å². The van der Waals surface area contributed by atoms with Crippen LogP contribution in [0.1, 0.15) is 30.9 Å². The van der Waals surface area contributed by atoms with Gasteiger partial charge in [-0.25, -0.2) is 0 Å². The van der Waals surface area contributed by atoms with Crippen molar-refractivity contribution < 1.29 is 0 Å². The van der Waals surface area contributed by atoms with Gasteiger partial charge in [-0.1, -0.05) is 19.6 Å². The highest BCUT2D eigenvalue weighted by Gasteiger charge is 2.15. The van der Waals surface area contributed by atoms with Crippen LogP contribution >= 0.6 is 0 Å². The third-order valence-electron chi connectivity index (χ3n) is 3.03. The van der Waals surface area contributed by atoms with E-state index in [2.05, 4.69) is 24.9 Å². The summed E-state index contributed by atoms with van der Waals surface area (Å²) >= 11 is 0. The molecule has 2 heteroatoms. The number of allylic oxidation sites excluding steroid dienone is 1. The van der Waals surface area contributed by atoms with Gasteiger partial charge in [0.25, 0.3) is 0 Å². The summed E-state index contributed by atoms with van der Waals surface area (Å²) in [5.41, 5.74) is 11.7. The topological polar surface area (TPSA) is 38.0 Å². The molecule has 2 nitrogen and oxygen atoms in total. The van der Waals surface area contributed by atoms with E-state index in [1.807, 2.05) is 6.07 Å². The van der Waals surface area contributed by atoms with Crippen molar-refractivity contribution in [3.8, 4) is 0 Å². The highest BCUT2D eigenvalue weighted by atomic mass is 14.9. The van der Waals surface area contributed by atoms with Crippen molar-refractivity contribution in [2.45, 2.75) is 26.2 Å². The molecule has 0 saturated carbocycles. The second-order valence-corrected chi connectivity index (χ2v) is 4.05. The minimum absolute atomic E-state index is 0.843. The standard InChI is InChI=1S/C13H18N2/c1-3-9(2)12-11(14)7-6-10-5-4-8-15-13(10)12/h6-7,15H,2-5,8,14H2,1H3. The maximum absolute atomic E-state index is 6.02. The van der Waals surface area contributed by atoms with E-state index in [1.54, 1.807) is 0 Å². The first-order valence-corrected chi connectivity index (χ1v) is 5.57. The fourth-order valence-corrected chi connectivity index (χ4v) is 2.12. The predicted octanol–water partition coefficient (Wildman–Crippen LogP) is 3.05. The Morgan fingerprint density at radius 1 is 1.53 bits per heavy atom. The minimum Gasteiger partial charge on any atom is -0.398 e. The van der Waals surface area contributed by atoms with Gasteiger partial charge in [-0.05, 0) is 36.5 Å². The smallest absolute Gasteiger partial charge is 0.0469 e. The molecule has 1 aliphatic rings. The minimum atomic E-state index is 0.843. The summed E-state index contributed by atoms with van der Waals surface area (Å²) in [7, 11) is 0. The van der Waals surface area contributed by atoms with E-state index in [0.717, 1.165) is 36.2 Å². The van der Waals surface area contributed by atoms with E-state index in [0.29, 0.717) is 0 Å². The van der Waals surface area contributed by atoms with Crippen LogP contribution in [0.2, 0.25) is 0 Å². The molecule has 80 valence electrons. The zero-order chi connectivity index (χ0) is 10.8. The van der Waals surface area contributed by atoms with Gasteiger partial charge in [0.15, 0.2) is 0 Å². The Hall–Kier alpha value is -1.44. The summed E-state index contributed by atoms with van der Waals surface area (Å²) in [5, 5.41) is 3.45. The molecule has 0 spiro atoms. The number of nitrogens with one attached hydrogen (secondary N) is 1. The van der Waals surface area contributed by atoms with Crippen molar-refractivity contribution in [1.82, 2.24) is 0 Å². The Morgan fingerprint density at radius 2 is 2.33 bits per heavy atom. The van der Waals surface area contributed by atoms with Gasteiger partial charge in [0, 0.05) is 23.5 Å². The summed E-state index contributed by atoms with van der Waals surface area (Å²) < 4.78 is 0. The number of anilines is 2. The Bertz CT molecular complexity index is 394. The van der Waals surface area contributed by atoms with E-state index >= 15 is 0 Å². The average Bonchev–Trinajstić information content (AvgIpc) is 2.28. The highest BCUT2D eigenvalue weighted by molar-refractivity contribution is 5.85. The van der Waals surface area contributed by atoms with Crippen LogP contribution in [0.3, 0.4) is 0 Å². The largest absolute Gasteiger partial charge is 0.398 e. The Morgan fingerprint density at radius 3 is 3.07 bits per heavy atom. The molecule has 2 rings (SSSR count). The van der Waals surface area contributed by atoms with E-state index in [-0.39, 0.29) is 0 Å². The molecule has 1 aromatic rings. The molecule has 0 bridgehead atoms. The van der Waals surface area contributed by atoms with Crippen molar-refractivity contribution in [2.24, 2.45) is 0 Å². The molecule has 1 heterocycles.